The third-order valence-corrected chi connectivity index (χ3v) is 4.17. The number of ether oxygens (including phenoxy) is 1. The number of carbonyl (C=O) groups is 1. The van der Waals surface area contributed by atoms with E-state index in [-0.39, 0.29) is 10.8 Å². The number of hydrogen-bond donors (Lipinski definition) is 0. The Morgan fingerprint density at radius 3 is 2.86 bits per heavy atom. The summed E-state index contributed by atoms with van der Waals surface area (Å²) in [6.45, 7) is 0. The van der Waals surface area contributed by atoms with E-state index in [4.69, 9.17) is 0 Å². The first-order chi connectivity index (χ1) is 6.69. The van der Waals surface area contributed by atoms with Gasteiger partial charge in [0, 0.05) is 10.2 Å². The number of carbonyl (C=O) groups excluding carboxylic acids is 1. The molecule has 0 amide bonds. The molecule has 1 aromatic carbocycles. The Morgan fingerprint density at radius 2 is 2.29 bits per heavy atom. The highest BCUT2D eigenvalue weighted by Gasteiger charge is 2.09. The normalized spacial score (nSPS) is 12.2. The molecule has 14 heavy (non-hydrogen) atoms. The van der Waals surface area contributed by atoms with Crippen LogP contribution in [0.5, 0.6) is 0 Å². The molecule has 0 aromatic heterocycles. The second kappa shape index (κ2) is 5.51. The Labute approximate surface area is 99.9 Å². The molecular weight excluding hydrogens is 312 g/mol. The summed E-state index contributed by atoms with van der Waals surface area (Å²) in [6, 6.07) is 7.38. The fourth-order valence-electron chi connectivity index (χ4n) is 1.07. The van der Waals surface area contributed by atoms with Gasteiger partial charge in [-0.1, -0.05) is 44.0 Å². The lowest BCUT2D eigenvalue weighted by Gasteiger charge is -2.07. The standard InChI is InChI=1S/C10H10Br2O2/c1-14-10(13)8-4-2-3-7(5-8)9(12)6-11/h2-5,9H,6H2,1H3. The Balaban J connectivity index is 2.95. The maximum atomic E-state index is 11.2. The predicted molar refractivity (Wildman–Crippen MR) is 63.2 cm³/mol. The van der Waals surface area contributed by atoms with Gasteiger partial charge in [-0.25, -0.2) is 4.79 Å². The molecule has 0 aliphatic rings. The maximum Gasteiger partial charge on any atom is 0.337 e. The highest BCUT2D eigenvalue weighted by molar-refractivity contribution is 9.12. The van der Waals surface area contributed by atoms with E-state index in [1.807, 2.05) is 18.2 Å². The molecule has 0 saturated heterocycles. The molecule has 1 rings (SSSR count). The van der Waals surface area contributed by atoms with Gasteiger partial charge in [-0.15, -0.1) is 0 Å². The zero-order chi connectivity index (χ0) is 10.6. The SMILES string of the molecule is COC(=O)c1cccc(C(Br)CBr)c1. The van der Waals surface area contributed by atoms with Gasteiger partial charge >= 0.3 is 5.97 Å². The van der Waals surface area contributed by atoms with Crippen molar-refractivity contribution in [3.8, 4) is 0 Å². The van der Waals surface area contributed by atoms with Gasteiger partial charge in [-0.3, -0.25) is 0 Å². The second-order valence-electron chi connectivity index (χ2n) is 2.74. The van der Waals surface area contributed by atoms with E-state index in [1.165, 1.54) is 7.11 Å². The lowest BCUT2D eigenvalue weighted by atomic mass is 10.1. The Kier molecular flexibility index (Phi) is 4.62. The number of methoxy groups -OCH3 is 1. The van der Waals surface area contributed by atoms with Crippen molar-refractivity contribution in [1.82, 2.24) is 0 Å². The van der Waals surface area contributed by atoms with E-state index in [9.17, 15) is 4.79 Å². The smallest absolute Gasteiger partial charge is 0.337 e. The summed E-state index contributed by atoms with van der Waals surface area (Å²) < 4.78 is 4.64. The van der Waals surface area contributed by atoms with Gasteiger partial charge in [0.25, 0.3) is 0 Å². The van der Waals surface area contributed by atoms with Crippen LogP contribution in [0.15, 0.2) is 24.3 Å². The predicted octanol–water partition coefficient (Wildman–Crippen LogP) is 3.30. The van der Waals surface area contributed by atoms with E-state index in [2.05, 4.69) is 36.6 Å². The fraction of sp³-hybridized carbons (Fsp3) is 0.300. The first-order valence-electron chi connectivity index (χ1n) is 4.07. The van der Waals surface area contributed by atoms with Crippen LogP contribution in [0.3, 0.4) is 0 Å². The number of hydrogen-bond acceptors (Lipinski definition) is 2. The minimum absolute atomic E-state index is 0.215. The van der Waals surface area contributed by atoms with Gasteiger partial charge in [0.1, 0.15) is 0 Å². The summed E-state index contributed by atoms with van der Waals surface area (Å²) in [5, 5.41) is 0.803. The maximum absolute atomic E-state index is 11.2. The van der Waals surface area contributed by atoms with E-state index >= 15 is 0 Å². The van der Waals surface area contributed by atoms with Gasteiger partial charge in [0.05, 0.1) is 12.7 Å². The molecule has 1 unspecified atom stereocenters. The van der Waals surface area contributed by atoms with Crippen LogP contribution in [-0.2, 0) is 4.74 Å². The van der Waals surface area contributed by atoms with Crippen LogP contribution in [0.25, 0.3) is 0 Å². The van der Waals surface area contributed by atoms with Crippen LogP contribution in [0.1, 0.15) is 20.7 Å². The Morgan fingerprint density at radius 1 is 1.57 bits per heavy atom. The van der Waals surface area contributed by atoms with Crippen LogP contribution in [0, 0.1) is 0 Å². The van der Waals surface area contributed by atoms with Crippen molar-refractivity contribution in [2.45, 2.75) is 4.83 Å². The molecular formula is C10H10Br2O2. The fourth-order valence-corrected chi connectivity index (χ4v) is 1.73. The quantitative estimate of drug-likeness (QED) is 0.630. The van der Waals surface area contributed by atoms with E-state index in [0.29, 0.717) is 5.56 Å². The van der Waals surface area contributed by atoms with Crippen LogP contribution < -0.4 is 0 Å². The molecule has 4 heteroatoms. The van der Waals surface area contributed by atoms with Crippen molar-refractivity contribution in [3.05, 3.63) is 35.4 Å². The zero-order valence-electron chi connectivity index (χ0n) is 7.67. The third-order valence-electron chi connectivity index (χ3n) is 1.80. The van der Waals surface area contributed by atoms with Crippen molar-refractivity contribution >= 4 is 37.8 Å². The van der Waals surface area contributed by atoms with Crippen LogP contribution in [0.2, 0.25) is 0 Å². The molecule has 2 nitrogen and oxygen atoms in total. The molecule has 1 atom stereocenters. The molecule has 0 N–H and O–H groups in total. The molecule has 76 valence electrons. The van der Waals surface area contributed by atoms with Crippen molar-refractivity contribution < 1.29 is 9.53 Å². The molecule has 1 aromatic rings. The third kappa shape index (κ3) is 2.82. The molecule has 0 aliphatic carbocycles. The minimum atomic E-state index is -0.305. The zero-order valence-corrected chi connectivity index (χ0v) is 10.8. The molecule has 0 saturated carbocycles. The van der Waals surface area contributed by atoms with Gasteiger partial charge in [-0.2, -0.15) is 0 Å². The summed E-state index contributed by atoms with van der Waals surface area (Å²) in [5.74, 6) is -0.305. The minimum Gasteiger partial charge on any atom is -0.465 e. The van der Waals surface area contributed by atoms with Crippen molar-refractivity contribution in [3.63, 3.8) is 0 Å². The Bertz CT molecular complexity index is 326. The van der Waals surface area contributed by atoms with Gasteiger partial charge in [-0.05, 0) is 17.7 Å². The Hall–Kier alpha value is -0.350. The largest absolute Gasteiger partial charge is 0.465 e. The molecule has 0 bridgehead atoms. The number of esters is 1. The summed E-state index contributed by atoms with van der Waals surface area (Å²) in [5.41, 5.74) is 1.64. The van der Waals surface area contributed by atoms with Crippen molar-refractivity contribution in [2.24, 2.45) is 0 Å². The first kappa shape index (κ1) is 11.7. The summed E-state index contributed by atoms with van der Waals surface area (Å²) >= 11 is 6.86. The summed E-state index contributed by atoms with van der Waals surface area (Å²) in [6.07, 6.45) is 0. The average Bonchev–Trinajstić information content (AvgIpc) is 2.27. The number of benzene rings is 1. The van der Waals surface area contributed by atoms with Gasteiger partial charge in [0.2, 0.25) is 0 Å². The topological polar surface area (TPSA) is 26.3 Å². The number of rotatable bonds is 3. The van der Waals surface area contributed by atoms with Crippen LogP contribution in [-0.4, -0.2) is 18.4 Å². The lowest BCUT2D eigenvalue weighted by Crippen LogP contribution is -2.02. The van der Waals surface area contributed by atoms with Gasteiger partial charge in [0.15, 0.2) is 0 Å². The molecule has 0 radical (unpaired) electrons. The molecule has 0 heterocycles. The van der Waals surface area contributed by atoms with Crippen LogP contribution in [0.4, 0.5) is 0 Å². The van der Waals surface area contributed by atoms with E-state index < -0.39 is 0 Å². The molecule has 0 fully saturated rings. The highest BCUT2D eigenvalue weighted by atomic mass is 79.9. The van der Waals surface area contributed by atoms with E-state index in [0.717, 1.165) is 10.9 Å². The van der Waals surface area contributed by atoms with Crippen molar-refractivity contribution in [2.75, 3.05) is 12.4 Å². The number of halogens is 2. The lowest BCUT2D eigenvalue weighted by molar-refractivity contribution is 0.0600. The number of alkyl halides is 2. The molecule has 0 spiro atoms. The first-order valence-corrected chi connectivity index (χ1v) is 6.11. The average molecular weight is 322 g/mol. The summed E-state index contributed by atoms with van der Waals surface area (Å²) in [7, 11) is 1.38. The van der Waals surface area contributed by atoms with Gasteiger partial charge < -0.3 is 4.74 Å². The second-order valence-corrected chi connectivity index (χ2v) is 4.49. The van der Waals surface area contributed by atoms with E-state index in [1.54, 1.807) is 6.07 Å². The summed E-state index contributed by atoms with van der Waals surface area (Å²) in [4.78, 5) is 11.4. The monoisotopic (exact) mass is 320 g/mol. The highest BCUT2D eigenvalue weighted by Crippen LogP contribution is 2.25. The van der Waals surface area contributed by atoms with Crippen LogP contribution >= 0.6 is 31.9 Å². The molecule has 0 aliphatic heterocycles. The van der Waals surface area contributed by atoms with Crippen molar-refractivity contribution in [1.29, 1.82) is 0 Å².